The highest BCUT2D eigenvalue weighted by Crippen LogP contribution is 2.21. The number of halogens is 1. The molecule has 0 bridgehead atoms. The largest absolute Gasteiger partial charge is 0.384 e. The summed E-state index contributed by atoms with van der Waals surface area (Å²) in [5, 5.41) is 8.11. The van der Waals surface area contributed by atoms with Crippen LogP contribution in [0, 0.1) is 17.7 Å². The van der Waals surface area contributed by atoms with Gasteiger partial charge in [-0.25, -0.2) is 12.8 Å². The predicted octanol–water partition coefficient (Wildman–Crippen LogP) is 1.09. The number of aliphatic hydroxyl groups excluding tert-OH is 1. The van der Waals surface area contributed by atoms with Gasteiger partial charge in [0.25, 0.3) is 0 Å². The van der Waals surface area contributed by atoms with Crippen LogP contribution in [0.5, 0.6) is 0 Å². The van der Waals surface area contributed by atoms with Gasteiger partial charge in [-0.3, -0.25) is 4.72 Å². The first-order valence-corrected chi connectivity index (χ1v) is 8.06. The van der Waals surface area contributed by atoms with Crippen LogP contribution in [0.4, 0.5) is 10.1 Å². The first-order valence-electron chi connectivity index (χ1n) is 6.51. The van der Waals surface area contributed by atoms with Crippen LogP contribution in [-0.4, -0.2) is 38.6 Å². The van der Waals surface area contributed by atoms with Gasteiger partial charge in [0.2, 0.25) is 10.0 Å². The van der Waals surface area contributed by atoms with Crippen LogP contribution in [0.2, 0.25) is 0 Å². The van der Waals surface area contributed by atoms with Gasteiger partial charge in [0, 0.05) is 18.9 Å². The quantitative estimate of drug-likeness (QED) is 0.819. The summed E-state index contributed by atoms with van der Waals surface area (Å²) in [5.74, 6) is 4.20. The number of aliphatic hydroxyl groups is 1. The minimum absolute atomic E-state index is 0.0382. The Bertz CT molecular complexity index is 657. The number of rotatable bonds is 3. The highest BCUT2D eigenvalue weighted by molar-refractivity contribution is 7.93. The van der Waals surface area contributed by atoms with E-state index in [-0.39, 0.29) is 11.3 Å². The predicted molar refractivity (Wildman–Crippen MR) is 76.7 cm³/mol. The van der Waals surface area contributed by atoms with Crippen molar-refractivity contribution in [2.24, 2.45) is 0 Å². The van der Waals surface area contributed by atoms with Crippen molar-refractivity contribution >= 4 is 15.7 Å². The zero-order valence-corrected chi connectivity index (χ0v) is 12.1. The summed E-state index contributed by atoms with van der Waals surface area (Å²) in [5.41, 5.74) is 0.293. The molecule has 5 nitrogen and oxygen atoms in total. The zero-order chi connectivity index (χ0) is 15.3. The van der Waals surface area contributed by atoms with Crippen molar-refractivity contribution in [1.82, 2.24) is 0 Å². The number of benzene rings is 1. The van der Waals surface area contributed by atoms with Gasteiger partial charge in [-0.05, 0) is 31.0 Å². The summed E-state index contributed by atoms with van der Waals surface area (Å²) >= 11 is 0. The lowest BCUT2D eigenvalue weighted by Crippen LogP contribution is -2.33. The second kappa shape index (κ2) is 6.89. The molecule has 0 unspecified atom stereocenters. The van der Waals surface area contributed by atoms with Crippen molar-refractivity contribution in [2.75, 3.05) is 24.5 Å². The molecule has 0 aliphatic carbocycles. The van der Waals surface area contributed by atoms with Crippen LogP contribution in [0.25, 0.3) is 0 Å². The third-order valence-corrected chi connectivity index (χ3v) is 5.01. The summed E-state index contributed by atoms with van der Waals surface area (Å²) in [7, 11) is -3.54. The third-order valence-electron chi connectivity index (χ3n) is 3.14. The van der Waals surface area contributed by atoms with E-state index in [0.29, 0.717) is 26.1 Å². The first-order chi connectivity index (χ1) is 10.0. The Labute approximate surface area is 123 Å². The van der Waals surface area contributed by atoms with E-state index in [9.17, 15) is 12.8 Å². The minimum atomic E-state index is -3.54. The summed E-state index contributed by atoms with van der Waals surface area (Å²) in [6.45, 7) is 0.446. The Morgan fingerprint density at radius 3 is 2.76 bits per heavy atom. The smallest absolute Gasteiger partial charge is 0.235 e. The SMILES string of the molecule is O=S(=O)(Nc1ccc(F)c(C#CCO)c1)C1CCOCC1. The summed E-state index contributed by atoms with van der Waals surface area (Å²) < 4.78 is 45.6. The first kappa shape index (κ1) is 15.8. The second-order valence-corrected chi connectivity index (χ2v) is 6.57. The molecule has 2 N–H and O–H groups in total. The molecule has 0 aromatic heterocycles. The number of sulfonamides is 1. The number of anilines is 1. The van der Waals surface area contributed by atoms with Gasteiger partial charge >= 0.3 is 0 Å². The molecule has 1 aliphatic rings. The van der Waals surface area contributed by atoms with Crippen LogP contribution >= 0.6 is 0 Å². The highest BCUT2D eigenvalue weighted by Gasteiger charge is 2.27. The molecule has 1 aliphatic heterocycles. The lowest BCUT2D eigenvalue weighted by atomic mass is 10.2. The van der Waals surface area contributed by atoms with Gasteiger partial charge < -0.3 is 9.84 Å². The Morgan fingerprint density at radius 1 is 1.38 bits per heavy atom. The summed E-state index contributed by atoms with van der Waals surface area (Å²) in [6.07, 6.45) is 0.876. The monoisotopic (exact) mass is 313 g/mol. The maximum Gasteiger partial charge on any atom is 0.235 e. The fourth-order valence-corrected chi connectivity index (χ4v) is 3.49. The Hall–Kier alpha value is -1.62. The van der Waals surface area contributed by atoms with Crippen LogP contribution in [0.1, 0.15) is 18.4 Å². The van der Waals surface area contributed by atoms with Gasteiger partial charge in [-0.2, -0.15) is 0 Å². The molecule has 0 saturated carbocycles. The van der Waals surface area contributed by atoms with Crippen molar-refractivity contribution in [3.63, 3.8) is 0 Å². The van der Waals surface area contributed by atoms with E-state index in [4.69, 9.17) is 9.84 Å². The summed E-state index contributed by atoms with van der Waals surface area (Å²) in [4.78, 5) is 0. The van der Waals surface area contributed by atoms with E-state index in [1.54, 1.807) is 0 Å². The van der Waals surface area contributed by atoms with Crippen LogP contribution < -0.4 is 4.72 Å². The van der Waals surface area contributed by atoms with Gasteiger partial charge in [-0.15, -0.1) is 0 Å². The van der Waals surface area contributed by atoms with Gasteiger partial charge in [0.1, 0.15) is 12.4 Å². The fourth-order valence-electron chi connectivity index (χ4n) is 2.05. The third kappa shape index (κ3) is 4.17. The molecule has 0 atom stereocenters. The molecule has 0 amide bonds. The van der Waals surface area contributed by atoms with Crippen molar-refractivity contribution < 1.29 is 22.7 Å². The summed E-state index contributed by atoms with van der Waals surface area (Å²) in [6, 6.07) is 3.80. The van der Waals surface area contributed by atoms with E-state index < -0.39 is 27.7 Å². The van der Waals surface area contributed by atoms with Crippen LogP contribution in [0.15, 0.2) is 18.2 Å². The fraction of sp³-hybridized carbons (Fsp3) is 0.429. The molecule has 1 heterocycles. The highest BCUT2D eigenvalue weighted by atomic mass is 32.2. The van der Waals surface area contributed by atoms with E-state index in [1.165, 1.54) is 12.1 Å². The molecule has 7 heteroatoms. The number of hydrogen-bond donors (Lipinski definition) is 2. The number of nitrogens with one attached hydrogen (secondary N) is 1. The molecule has 114 valence electrons. The van der Waals surface area contributed by atoms with E-state index in [1.807, 2.05) is 0 Å². The molecule has 1 saturated heterocycles. The van der Waals surface area contributed by atoms with Crippen LogP contribution in [-0.2, 0) is 14.8 Å². The molecule has 1 fully saturated rings. The molecular weight excluding hydrogens is 297 g/mol. The van der Waals surface area contributed by atoms with Crippen molar-refractivity contribution in [1.29, 1.82) is 0 Å². The van der Waals surface area contributed by atoms with Crippen molar-refractivity contribution in [3.05, 3.63) is 29.6 Å². The van der Waals surface area contributed by atoms with Gasteiger partial charge in [-0.1, -0.05) is 11.8 Å². The molecule has 21 heavy (non-hydrogen) atoms. The average Bonchev–Trinajstić information content (AvgIpc) is 2.48. The van der Waals surface area contributed by atoms with Crippen molar-refractivity contribution in [3.8, 4) is 11.8 Å². The Morgan fingerprint density at radius 2 is 2.10 bits per heavy atom. The molecule has 0 radical (unpaired) electrons. The molecule has 1 aromatic carbocycles. The number of ether oxygens (including phenoxy) is 1. The normalized spacial score (nSPS) is 16.1. The maximum atomic E-state index is 13.5. The molecular formula is C14H16FNO4S. The standard InChI is InChI=1S/C14H16FNO4S/c15-14-4-3-12(10-11(14)2-1-7-17)16-21(18,19)13-5-8-20-9-6-13/h3-4,10,13,16-17H,5-9H2. The second-order valence-electron chi connectivity index (χ2n) is 4.61. The van der Waals surface area contributed by atoms with Crippen molar-refractivity contribution in [2.45, 2.75) is 18.1 Å². The topological polar surface area (TPSA) is 75.6 Å². The lowest BCUT2D eigenvalue weighted by Gasteiger charge is -2.22. The zero-order valence-electron chi connectivity index (χ0n) is 11.3. The molecule has 0 spiro atoms. The Kier molecular flexibility index (Phi) is 5.17. The van der Waals surface area contributed by atoms with E-state index in [2.05, 4.69) is 16.6 Å². The van der Waals surface area contributed by atoms with Gasteiger partial charge in [0.05, 0.1) is 10.8 Å². The maximum absolute atomic E-state index is 13.5. The van der Waals surface area contributed by atoms with E-state index >= 15 is 0 Å². The molecule has 2 rings (SSSR count). The average molecular weight is 313 g/mol. The lowest BCUT2D eigenvalue weighted by molar-refractivity contribution is 0.0984. The molecule has 1 aromatic rings. The van der Waals surface area contributed by atoms with E-state index in [0.717, 1.165) is 6.07 Å². The Balaban J connectivity index is 2.18. The number of hydrogen-bond acceptors (Lipinski definition) is 4. The van der Waals surface area contributed by atoms with Crippen LogP contribution in [0.3, 0.4) is 0 Å². The van der Waals surface area contributed by atoms with Gasteiger partial charge in [0.15, 0.2) is 0 Å². The minimum Gasteiger partial charge on any atom is -0.384 e.